The van der Waals surface area contributed by atoms with Crippen molar-refractivity contribution in [3.05, 3.63) is 0 Å². The van der Waals surface area contributed by atoms with Gasteiger partial charge in [-0.3, -0.25) is 14.6 Å². The molecule has 3 nitrogen and oxygen atoms in total. The number of hydrogen-bond donors (Lipinski definition) is 0. The molecule has 0 saturated carbocycles. The Morgan fingerprint density at radius 1 is 1.31 bits per heavy atom. The summed E-state index contributed by atoms with van der Waals surface area (Å²) >= 11 is 0. The van der Waals surface area contributed by atoms with E-state index in [1.807, 2.05) is 0 Å². The second-order valence-electron chi connectivity index (χ2n) is 4.26. The number of Topliss-reactive ketones (excluding diaryl/α,β-unsaturated/α-hetero) is 1. The van der Waals surface area contributed by atoms with Crippen molar-refractivity contribution in [1.29, 1.82) is 0 Å². The Morgan fingerprint density at radius 2 is 1.77 bits per heavy atom. The number of hydrogen-bond acceptors (Lipinski definition) is 3. The van der Waals surface area contributed by atoms with Crippen LogP contribution in [0.4, 0.5) is 0 Å². The predicted molar refractivity (Wildman–Crippen MR) is 53.8 cm³/mol. The van der Waals surface area contributed by atoms with E-state index in [2.05, 4.69) is 30.7 Å². The van der Waals surface area contributed by atoms with Gasteiger partial charge in [-0.1, -0.05) is 0 Å². The van der Waals surface area contributed by atoms with Crippen molar-refractivity contribution in [2.24, 2.45) is 0 Å². The first-order valence-electron chi connectivity index (χ1n) is 4.94. The number of piperazine rings is 1. The Bertz CT molecular complexity index is 181. The molecule has 2 unspecified atom stereocenters. The van der Waals surface area contributed by atoms with E-state index in [-0.39, 0.29) is 5.78 Å². The number of ketones is 1. The van der Waals surface area contributed by atoms with Gasteiger partial charge in [0.25, 0.3) is 0 Å². The van der Waals surface area contributed by atoms with Gasteiger partial charge in [0.05, 0.1) is 6.54 Å². The topological polar surface area (TPSA) is 23.6 Å². The molecule has 76 valence electrons. The first kappa shape index (κ1) is 10.7. The normalized spacial score (nSPS) is 32.0. The molecule has 0 radical (unpaired) electrons. The van der Waals surface area contributed by atoms with E-state index in [1.54, 1.807) is 6.92 Å². The number of rotatable bonds is 2. The summed E-state index contributed by atoms with van der Waals surface area (Å²) in [7, 11) is 2.15. The highest BCUT2D eigenvalue weighted by Gasteiger charge is 2.26. The van der Waals surface area contributed by atoms with Gasteiger partial charge in [0, 0.05) is 25.2 Å². The van der Waals surface area contributed by atoms with E-state index >= 15 is 0 Å². The summed E-state index contributed by atoms with van der Waals surface area (Å²) in [5.41, 5.74) is 0. The summed E-state index contributed by atoms with van der Waals surface area (Å²) in [6, 6.07) is 1.12. The van der Waals surface area contributed by atoms with Crippen LogP contribution in [0.3, 0.4) is 0 Å². The highest BCUT2D eigenvalue weighted by molar-refractivity contribution is 5.77. The van der Waals surface area contributed by atoms with E-state index in [4.69, 9.17) is 0 Å². The minimum Gasteiger partial charge on any atom is -0.299 e. The Balaban J connectivity index is 2.48. The monoisotopic (exact) mass is 184 g/mol. The van der Waals surface area contributed by atoms with E-state index in [1.165, 1.54) is 0 Å². The second-order valence-corrected chi connectivity index (χ2v) is 4.26. The van der Waals surface area contributed by atoms with Crippen LogP contribution in [0.15, 0.2) is 0 Å². The van der Waals surface area contributed by atoms with Crippen molar-refractivity contribution in [3.63, 3.8) is 0 Å². The Labute approximate surface area is 80.7 Å². The van der Waals surface area contributed by atoms with E-state index < -0.39 is 0 Å². The van der Waals surface area contributed by atoms with Crippen molar-refractivity contribution in [3.8, 4) is 0 Å². The SMILES string of the molecule is CC(=O)CN1CC(C)N(C)C(C)C1. The third kappa shape index (κ3) is 2.78. The summed E-state index contributed by atoms with van der Waals surface area (Å²) in [4.78, 5) is 15.6. The van der Waals surface area contributed by atoms with Gasteiger partial charge in [0.1, 0.15) is 5.78 Å². The van der Waals surface area contributed by atoms with Crippen molar-refractivity contribution < 1.29 is 4.79 Å². The zero-order valence-corrected chi connectivity index (χ0v) is 9.08. The molecule has 0 aromatic heterocycles. The van der Waals surface area contributed by atoms with Gasteiger partial charge in [0.2, 0.25) is 0 Å². The third-order valence-corrected chi connectivity index (χ3v) is 2.88. The molecule has 1 heterocycles. The molecule has 0 spiro atoms. The maximum absolute atomic E-state index is 11.0. The fourth-order valence-corrected chi connectivity index (χ4v) is 1.96. The molecule has 0 aliphatic carbocycles. The van der Waals surface area contributed by atoms with E-state index in [0.717, 1.165) is 13.1 Å². The summed E-state index contributed by atoms with van der Waals surface area (Å²) in [6.45, 7) is 8.72. The Morgan fingerprint density at radius 3 is 2.15 bits per heavy atom. The van der Waals surface area contributed by atoms with Crippen LogP contribution in [0.25, 0.3) is 0 Å². The molecule has 1 aliphatic rings. The van der Waals surface area contributed by atoms with Crippen molar-refractivity contribution in [2.75, 3.05) is 26.7 Å². The van der Waals surface area contributed by atoms with Crippen LogP contribution in [0.1, 0.15) is 20.8 Å². The third-order valence-electron chi connectivity index (χ3n) is 2.88. The zero-order valence-electron chi connectivity index (χ0n) is 9.08. The average Bonchev–Trinajstić information content (AvgIpc) is 1.98. The lowest BCUT2D eigenvalue weighted by Gasteiger charge is -2.42. The van der Waals surface area contributed by atoms with Gasteiger partial charge in [0.15, 0.2) is 0 Å². The molecule has 13 heavy (non-hydrogen) atoms. The van der Waals surface area contributed by atoms with Gasteiger partial charge >= 0.3 is 0 Å². The van der Waals surface area contributed by atoms with Crippen LogP contribution < -0.4 is 0 Å². The highest BCUT2D eigenvalue weighted by Crippen LogP contribution is 2.12. The molecule has 2 atom stereocenters. The lowest BCUT2D eigenvalue weighted by Crippen LogP contribution is -2.55. The Kier molecular flexibility index (Phi) is 3.45. The summed E-state index contributed by atoms with van der Waals surface area (Å²) in [6.07, 6.45) is 0. The first-order chi connectivity index (χ1) is 6.00. The number of nitrogens with zero attached hydrogens (tertiary/aromatic N) is 2. The van der Waals surface area contributed by atoms with Crippen LogP contribution in [0.5, 0.6) is 0 Å². The van der Waals surface area contributed by atoms with Crippen LogP contribution in [-0.4, -0.2) is 54.3 Å². The van der Waals surface area contributed by atoms with Crippen LogP contribution in [-0.2, 0) is 4.79 Å². The smallest absolute Gasteiger partial charge is 0.143 e. The molecule has 0 bridgehead atoms. The van der Waals surface area contributed by atoms with Gasteiger partial charge < -0.3 is 0 Å². The molecule has 1 fully saturated rings. The van der Waals surface area contributed by atoms with E-state index in [9.17, 15) is 4.79 Å². The van der Waals surface area contributed by atoms with Crippen molar-refractivity contribution in [2.45, 2.75) is 32.9 Å². The van der Waals surface area contributed by atoms with Gasteiger partial charge in [-0.05, 0) is 27.8 Å². The molecule has 1 saturated heterocycles. The van der Waals surface area contributed by atoms with Crippen LogP contribution in [0.2, 0.25) is 0 Å². The van der Waals surface area contributed by atoms with E-state index in [0.29, 0.717) is 18.6 Å². The number of likely N-dealkylation sites (N-methyl/N-ethyl adjacent to an activating group) is 1. The molecule has 0 amide bonds. The first-order valence-corrected chi connectivity index (χ1v) is 4.94. The summed E-state index contributed by atoms with van der Waals surface area (Å²) < 4.78 is 0. The summed E-state index contributed by atoms with van der Waals surface area (Å²) in [5.74, 6) is 0.268. The van der Waals surface area contributed by atoms with Crippen LogP contribution in [0, 0.1) is 0 Å². The number of carbonyl (C=O) groups excluding carboxylic acids is 1. The molecule has 1 rings (SSSR count). The molecule has 0 aromatic carbocycles. The molecular formula is C10H20N2O. The van der Waals surface area contributed by atoms with Gasteiger partial charge in [-0.25, -0.2) is 0 Å². The molecule has 0 N–H and O–H groups in total. The van der Waals surface area contributed by atoms with Crippen molar-refractivity contribution >= 4 is 5.78 Å². The second kappa shape index (κ2) is 4.20. The van der Waals surface area contributed by atoms with Crippen LogP contribution >= 0.6 is 0 Å². The fourth-order valence-electron chi connectivity index (χ4n) is 1.96. The molecule has 3 heteroatoms. The molecular weight excluding hydrogens is 164 g/mol. The lowest BCUT2D eigenvalue weighted by atomic mass is 10.1. The minimum absolute atomic E-state index is 0.268. The quantitative estimate of drug-likeness (QED) is 0.628. The predicted octanol–water partition coefficient (Wildman–Crippen LogP) is 0.600. The lowest BCUT2D eigenvalue weighted by molar-refractivity contribution is -0.119. The Hall–Kier alpha value is -0.410. The van der Waals surface area contributed by atoms with Crippen molar-refractivity contribution in [1.82, 2.24) is 9.80 Å². The van der Waals surface area contributed by atoms with Gasteiger partial charge in [-0.2, -0.15) is 0 Å². The highest BCUT2D eigenvalue weighted by atomic mass is 16.1. The van der Waals surface area contributed by atoms with Gasteiger partial charge in [-0.15, -0.1) is 0 Å². The average molecular weight is 184 g/mol. The molecule has 1 aliphatic heterocycles. The zero-order chi connectivity index (χ0) is 10.0. The largest absolute Gasteiger partial charge is 0.299 e. The summed E-state index contributed by atoms with van der Waals surface area (Å²) in [5, 5.41) is 0. The maximum atomic E-state index is 11.0. The maximum Gasteiger partial charge on any atom is 0.143 e. The standard InChI is InChI=1S/C10H20N2O/c1-8-5-12(7-10(3)13)6-9(2)11(8)4/h8-9H,5-7H2,1-4H3. The fraction of sp³-hybridized carbons (Fsp3) is 0.900. The minimum atomic E-state index is 0.268. The number of carbonyl (C=O) groups is 1. The molecule has 0 aromatic rings.